The number of para-hydroxylation sites is 1. The van der Waals surface area contributed by atoms with E-state index in [1.807, 2.05) is 43.0 Å². The molecule has 120 valence electrons. The van der Waals surface area contributed by atoms with E-state index in [0.29, 0.717) is 11.8 Å². The molecule has 2 atom stereocenters. The number of hydrogen-bond donors (Lipinski definition) is 1. The van der Waals surface area contributed by atoms with Gasteiger partial charge in [-0.2, -0.15) is 0 Å². The number of amides is 2. The molecule has 0 fully saturated rings. The Morgan fingerprint density at radius 2 is 2.09 bits per heavy atom. The zero-order chi connectivity index (χ0) is 16.1. The van der Waals surface area contributed by atoms with Crippen LogP contribution in [-0.4, -0.2) is 29.7 Å². The topological polar surface area (TPSA) is 49.4 Å². The lowest BCUT2D eigenvalue weighted by Crippen LogP contribution is -2.39. The molecule has 2 rings (SSSR count). The first-order valence-electron chi connectivity index (χ1n) is 7.86. The van der Waals surface area contributed by atoms with Crippen LogP contribution in [0.3, 0.4) is 0 Å². The number of anilines is 1. The number of rotatable bonds is 5. The summed E-state index contributed by atoms with van der Waals surface area (Å²) in [5, 5.41) is 3.27. The molecule has 4 nitrogen and oxygen atoms in total. The number of carbonyl (C=O) groups excluding carboxylic acids is 2. The van der Waals surface area contributed by atoms with Crippen molar-refractivity contribution in [3.63, 3.8) is 0 Å². The monoisotopic (exact) mass is 320 g/mol. The van der Waals surface area contributed by atoms with Crippen molar-refractivity contribution >= 4 is 29.3 Å². The molecule has 2 amide bonds. The Morgan fingerprint density at radius 3 is 2.82 bits per heavy atom. The van der Waals surface area contributed by atoms with E-state index >= 15 is 0 Å². The lowest BCUT2D eigenvalue weighted by Gasteiger charge is -2.32. The van der Waals surface area contributed by atoms with Crippen molar-refractivity contribution in [2.75, 3.05) is 11.4 Å². The fraction of sp³-hybridized carbons (Fsp3) is 0.529. The van der Waals surface area contributed by atoms with Crippen LogP contribution >= 0.6 is 11.8 Å². The van der Waals surface area contributed by atoms with Gasteiger partial charge in [0, 0.05) is 35.6 Å². The van der Waals surface area contributed by atoms with Gasteiger partial charge in [-0.15, -0.1) is 11.8 Å². The Kier molecular flexibility index (Phi) is 5.89. The molecule has 1 aliphatic heterocycles. The highest BCUT2D eigenvalue weighted by molar-refractivity contribution is 8.00. The van der Waals surface area contributed by atoms with Gasteiger partial charge in [0.15, 0.2) is 0 Å². The lowest BCUT2D eigenvalue weighted by molar-refractivity contribution is -0.125. The van der Waals surface area contributed by atoms with Crippen LogP contribution in [0.1, 0.15) is 40.0 Å². The quantitative estimate of drug-likeness (QED) is 0.906. The molecule has 0 saturated carbocycles. The van der Waals surface area contributed by atoms with Crippen LogP contribution in [-0.2, 0) is 9.59 Å². The molecular weight excluding hydrogens is 296 g/mol. The summed E-state index contributed by atoms with van der Waals surface area (Å²) >= 11 is 1.80. The maximum Gasteiger partial charge on any atom is 0.227 e. The van der Waals surface area contributed by atoms with Crippen molar-refractivity contribution in [1.82, 2.24) is 5.32 Å². The number of nitrogens with zero attached hydrogens (tertiary/aromatic N) is 1. The Morgan fingerprint density at radius 1 is 1.36 bits per heavy atom. The predicted octanol–water partition coefficient (Wildman–Crippen LogP) is 3.21. The van der Waals surface area contributed by atoms with Crippen LogP contribution in [0.4, 0.5) is 5.69 Å². The highest BCUT2D eigenvalue weighted by Crippen LogP contribution is 2.38. The van der Waals surface area contributed by atoms with Crippen molar-refractivity contribution in [3.05, 3.63) is 24.3 Å². The van der Waals surface area contributed by atoms with Gasteiger partial charge in [0.1, 0.15) is 0 Å². The van der Waals surface area contributed by atoms with Gasteiger partial charge in [-0.25, -0.2) is 0 Å². The molecule has 1 aromatic rings. The summed E-state index contributed by atoms with van der Waals surface area (Å²) in [6.45, 7) is 6.82. The van der Waals surface area contributed by atoms with E-state index in [1.54, 1.807) is 11.8 Å². The SMILES string of the molecule is CC[C@H](C)NC(=O)CCC(=O)N1C[C@H](C)Sc2ccccc21. The molecule has 1 aliphatic rings. The predicted molar refractivity (Wildman–Crippen MR) is 91.2 cm³/mol. The highest BCUT2D eigenvalue weighted by atomic mass is 32.2. The molecule has 0 saturated heterocycles. The number of benzene rings is 1. The largest absolute Gasteiger partial charge is 0.354 e. The van der Waals surface area contributed by atoms with Gasteiger partial charge in [-0.05, 0) is 25.5 Å². The second-order valence-corrected chi connectivity index (χ2v) is 7.26. The average molecular weight is 320 g/mol. The number of thioether (sulfide) groups is 1. The van der Waals surface area contributed by atoms with Gasteiger partial charge in [0.05, 0.1) is 5.69 Å². The molecule has 0 radical (unpaired) electrons. The van der Waals surface area contributed by atoms with Crippen LogP contribution in [0.25, 0.3) is 0 Å². The molecule has 1 aromatic carbocycles. The van der Waals surface area contributed by atoms with Gasteiger partial charge in [0.2, 0.25) is 11.8 Å². The molecule has 0 aliphatic carbocycles. The maximum atomic E-state index is 12.5. The minimum Gasteiger partial charge on any atom is -0.354 e. The van der Waals surface area contributed by atoms with Crippen LogP contribution < -0.4 is 10.2 Å². The number of hydrogen-bond acceptors (Lipinski definition) is 3. The van der Waals surface area contributed by atoms with Gasteiger partial charge < -0.3 is 10.2 Å². The van der Waals surface area contributed by atoms with Crippen molar-refractivity contribution in [3.8, 4) is 0 Å². The average Bonchev–Trinajstić information content (AvgIpc) is 2.51. The van der Waals surface area contributed by atoms with E-state index in [9.17, 15) is 9.59 Å². The summed E-state index contributed by atoms with van der Waals surface area (Å²) in [5.74, 6) is -0.0191. The summed E-state index contributed by atoms with van der Waals surface area (Å²) in [4.78, 5) is 27.3. The highest BCUT2D eigenvalue weighted by Gasteiger charge is 2.26. The van der Waals surface area contributed by atoms with Gasteiger partial charge in [-0.3, -0.25) is 9.59 Å². The second kappa shape index (κ2) is 7.68. The zero-order valence-electron chi connectivity index (χ0n) is 13.5. The summed E-state index contributed by atoms with van der Waals surface area (Å²) in [6.07, 6.45) is 1.41. The molecule has 0 unspecified atom stereocenters. The molecule has 0 bridgehead atoms. The minimum absolute atomic E-state index is 0.0268. The molecule has 1 heterocycles. The van der Waals surface area contributed by atoms with Crippen LogP contribution in [0.2, 0.25) is 0 Å². The van der Waals surface area contributed by atoms with Crippen LogP contribution in [0.15, 0.2) is 29.2 Å². The molecular formula is C17H24N2O2S. The van der Waals surface area contributed by atoms with Crippen LogP contribution in [0.5, 0.6) is 0 Å². The summed E-state index contributed by atoms with van der Waals surface area (Å²) in [6, 6.07) is 8.13. The molecule has 1 N–H and O–H groups in total. The molecule has 0 aromatic heterocycles. The Labute approximate surface area is 136 Å². The van der Waals surface area contributed by atoms with Gasteiger partial charge >= 0.3 is 0 Å². The fourth-order valence-electron chi connectivity index (χ4n) is 2.43. The van der Waals surface area contributed by atoms with E-state index < -0.39 is 0 Å². The maximum absolute atomic E-state index is 12.5. The van der Waals surface area contributed by atoms with E-state index in [2.05, 4.69) is 12.2 Å². The smallest absolute Gasteiger partial charge is 0.227 e. The summed E-state index contributed by atoms with van der Waals surface area (Å²) in [7, 11) is 0. The normalized spacial score (nSPS) is 18.5. The lowest BCUT2D eigenvalue weighted by atomic mass is 10.2. The first-order chi connectivity index (χ1) is 10.5. The van der Waals surface area contributed by atoms with Crippen LogP contribution in [0, 0.1) is 0 Å². The number of fused-ring (bicyclic) bond motifs is 1. The van der Waals surface area contributed by atoms with Gasteiger partial charge in [-0.1, -0.05) is 26.0 Å². The zero-order valence-corrected chi connectivity index (χ0v) is 14.3. The van der Waals surface area contributed by atoms with Gasteiger partial charge in [0.25, 0.3) is 0 Å². The van der Waals surface area contributed by atoms with E-state index in [4.69, 9.17) is 0 Å². The fourth-order valence-corrected chi connectivity index (χ4v) is 3.54. The van der Waals surface area contributed by atoms with Crippen molar-refractivity contribution in [1.29, 1.82) is 0 Å². The van der Waals surface area contributed by atoms with Crippen molar-refractivity contribution in [2.45, 2.75) is 56.2 Å². The molecule has 22 heavy (non-hydrogen) atoms. The summed E-state index contributed by atoms with van der Waals surface area (Å²) < 4.78 is 0. The first kappa shape index (κ1) is 16.9. The van der Waals surface area contributed by atoms with Crippen molar-refractivity contribution < 1.29 is 9.59 Å². The number of carbonyl (C=O) groups is 2. The third kappa shape index (κ3) is 4.26. The summed E-state index contributed by atoms with van der Waals surface area (Å²) in [5.41, 5.74) is 0.970. The van der Waals surface area contributed by atoms with E-state index in [1.165, 1.54) is 0 Å². The Bertz CT molecular complexity index is 547. The van der Waals surface area contributed by atoms with E-state index in [-0.39, 0.29) is 30.7 Å². The van der Waals surface area contributed by atoms with Crippen molar-refractivity contribution in [2.24, 2.45) is 0 Å². The second-order valence-electron chi connectivity index (χ2n) is 5.78. The Balaban J connectivity index is 1.97. The minimum atomic E-state index is -0.0459. The third-order valence-corrected chi connectivity index (χ3v) is 4.96. The Hall–Kier alpha value is -1.49. The standard InChI is InChI=1S/C17H24N2O2S/c1-4-12(2)18-16(20)9-10-17(21)19-11-13(3)22-15-8-6-5-7-14(15)19/h5-8,12-13H,4,9-11H2,1-3H3,(H,18,20)/t12-,13-/m0/s1. The van der Waals surface area contributed by atoms with E-state index in [0.717, 1.165) is 17.0 Å². The first-order valence-corrected chi connectivity index (χ1v) is 8.74. The molecule has 5 heteroatoms. The molecule has 0 spiro atoms. The third-order valence-electron chi connectivity index (χ3n) is 3.81. The number of nitrogens with one attached hydrogen (secondary N) is 1.